The number of para-hydroxylation sites is 1. The molecule has 17 heavy (non-hydrogen) atoms. The van der Waals surface area contributed by atoms with Crippen molar-refractivity contribution in [3.63, 3.8) is 0 Å². The van der Waals surface area contributed by atoms with Crippen LogP contribution in [0.25, 0.3) is 10.9 Å². The van der Waals surface area contributed by atoms with Crippen LogP contribution >= 0.6 is 0 Å². The third-order valence-electron chi connectivity index (χ3n) is 3.62. The maximum absolute atomic E-state index is 3.54. The summed E-state index contributed by atoms with van der Waals surface area (Å²) in [7, 11) is 0. The molecule has 0 aliphatic carbocycles. The van der Waals surface area contributed by atoms with Gasteiger partial charge in [-0.3, -0.25) is 0 Å². The van der Waals surface area contributed by atoms with E-state index in [4.69, 9.17) is 0 Å². The van der Waals surface area contributed by atoms with Crippen molar-refractivity contribution in [1.82, 2.24) is 4.98 Å². The molecule has 2 atom stereocenters. The van der Waals surface area contributed by atoms with E-state index in [1.807, 2.05) is 0 Å². The Morgan fingerprint density at radius 1 is 1.18 bits per heavy atom. The zero-order valence-electron chi connectivity index (χ0n) is 11.2. The summed E-state index contributed by atoms with van der Waals surface area (Å²) in [6, 6.07) is 10.8. The van der Waals surface area contributed by atoms with E-state index in [-0.39, 0.29) is 0 Å². The van der Waals surface area contributed by atoms with E-state index < -0.39 is 0 Å². The summed E-state index contributed by atoms with van der Waals surface area (Å²) in [5, 5.41) is 1.33. The molecule has 0 radical (unpaired) electrons. The fourth-order valence-corrected chi connectivity index (χ4v) is 2.70. The lowest BCUT2D eigenvalue weighted by Crippen LogP contribution is -2.02. The largest absolute Gasteiger partial charge is 0.358 e. The third kappa shape index (κ3) is 2.91. The molecule has 2 aromatic rings. The summed E-state index contributed by atoms with van der Waals surface area (Å²) in [5.41, 5.74) is 2.65. The number of fused-ring (bicyclic) bond motifs is 1. The Labute approximate surface area is 104 Å². The first-order valence-electron chi connectivity index (χ1n) is 6.78. The lowest BCUT2D eigenvalue weighted by atomic mass is 9.92. The topological polar surface area (TPSA) is 15.8 Å². The average molecular weight is 229 g/mol. The highest BCUT2D eigenvalue weighted by molar-refractivity contribution is 5.80. The van der Waals surface area contributed by atoms with Gasteiger partial charge in [0, 0.05) is 11.2 Å². The van der Waals surface area contributed by atoms with E-state index in [0.717, 1.165) is 5.92 Å². The van der Waals surface area contributed by atoms with Crippen molar-refractivity contribution in [2.75, 3.05) is 0 Å². The van der Waals surface area contributed by atoms with E-state index in [1.165, 1.54) is 35.9 Å². The van der Waals surface area contributed by atoms with Crippen LogP contribution in [0, 0.1) is 5.92 Å². The van der Waals surface area contributed by atoms with Crippen LogP contribution in [0.1, 0.15) is 51.6 Å². The van der Waals surface area contributed by atoms with Crippen LogP contribution in [0.4, 0.5) is 0 Å². The highest BCUT2D eigenvalue weighted by atomic mass is 14.7. The van der Waals surface area contributed by atoms with E-state index in [2.05, 4.69) is 56.1 Å². The molecule has 2 unspecified atom stereocenters. The van der Waals surface area contributed by atoms with Gasteiger partial charge in [0.25, 0.3) is 0 Å². The van der Waals surface area contributed by atoms with Crippen LogP contribution in [0.5, 0.6) is 0 Å². The summed E-state index contributed by atoms with van der Waals surface area (Å²) in [4.78, 5) is 3.54. The average Bonchev–Trinajstić information content (AvgIpc) is 2.72. The SMILES string of the molecule is CCCC(C)CC(C)c1cc2ccccc2[nH]1. The molecule has 0 aliphatic rings. The van der Waals surface area contributed by atoms with Gasteiger partial charge in [-0.1, -0.05) is 51.8 Å². The molecule has 1 nitrogen and oxygen atoms in total. The van der Waals surface area contributed by atoms with Crippen LogP contribution in [-0.4, -0.2) is 4.98 Å². The fraction of sp³-hybridized carbons (Fsp3) is 0.500. The normalized spacial score (nSPS) is 15.0. The Kier molecular flexibility index (Phi) is 3.88. The summed E-state index contributed by atoms with van der Waals surface area (Å²) < 4.78 is 0. The summed E-state index contributed by atoms with van der Waals surface area (Å²) in [5.74, 6) is 1.45. The minimum atomic E-state index is 0.629. The van der Waals surface area contributed by atoms with Gasteiger partial charge in [0.2, 0.25) is 0 Å². The lowest BCUT2D eigenvalue weighted by Gasteiger charge is -2.15. The van der Waals surface area contributed by atoms with Gasteiger partial charge in [-0.25, -0.2) is 0 Å². The van der Waals surface area contributed by atoms with Crippen LogP contribution in [0.15, 0.2) is 30.3 Å². The van der Waals surface area contributed by atoms with Crippen molar-refractivity contribution in [2.45, 2.75) is 46.0 Å². The van der Waals surface area contributed by atoms with Gasteiger partial charge in [-0.2, -0.15) is 0 Å². The molecular formula is C16H23N. The monoisotopic (exact) mass is 229 g/mol. The zero-order chi connectivity index (χ0) is 12.3. The third-order valence-corrected chi connectivity index (χ3v) is 3.62. The zero-order valence-corrected chi connectivity index (χ0v) is 11.2. The molecule has 0 amide bonds. The Morgan fingerprint density at radius 2 is 1.94 bits per heavy atom. The first-order chi connectivity index (χ1) is 8.20. The number of aromatic amines is 1. The summed E-state index contributed by atoms with van der Waals surface area (Å²) in [6.07, 6.45) is 3.91. The first kappa shape index (κ1) is 12.2. The predicted octanol–water partition coefficient (Wildman–Crippen LogP) is 5.10. The Balaban J connectivity index is 2.10. The van der Waals surface area contributed by atoms with E-state index in [9.17, 15) is 0 Å². The molecule has 1 N–H and O–H groups in total. The number of hydrogen-bond acceptors (Lipinski definition) is 0. The van der Waals surface area contributed by atoms with Crippen LogP contribution in [0.3, 0.4) is 0 Å². The number of rotatable bonds is 5. The molecule has 0 fully saturated rings. The molecule has 0 aliphatic heterocycles. The molecule has 1 aromatic heterocycles. The van der Waals surface area contributed by atoms with Gasteiger partial charge in [0.05, 0.1) is 0 Å². The van der Waals surface area contributed by atoms with Gasteiger partial charge >= 0.3 is 0 Å². The molecule has 92 valence electrons. The van der Waals surface area contributed by atoms with Crippen LogP contribution in [0.2, 0.25) is 0 Å². The second-order valence-electron chi connectivity index (χ2n) is 5.34. The molecule has 2 rings (SSSR count). The van der Waals surface area contributed by atoms with Crippen LogP contribution in [-0.2, 0) is 0 Å². The van der Waals surface area contributed by atoms with Crippen molar-refractivity contribution in [2.24, 2.45) is 5.92 Å². The minimum Gasteiger partial charge on any atom is -0.358 e. The van der Waals surface area contributed by atoms with Crippen molar-refractivity contribution >= 4 is 10.9 Å². The second kappa shape index (κ2) is 5.39. The number of benzene rings is 1. The van der Waals surface area contributed by atoms with Gasteiger partial charge in [-0.15, -0.1) is 0 Å². The molecule has 0 saturated heterocycles. The number of hydrogen-bond donors (Lipinski definition) is 1. The molecular weight excluding hydrogens is 206 g/mol. The molecule has 0 spiro atoms. The van der Waals surface area contributed by atoms with E-state index in [0.29, 0.717) is 5.92 Å². The van der Waals surface area contributed by atoms with E-state index >= 15 is 0 Å². The van der Waals surface area contributed by atoms with Gasteiger partial charge < -0.3 is 4.98 Å². The first-order valence-corrected chi connectivity index (χ1v) is 6.78. The molecule has 1 aromatic carbocycles. The van der Waals surface area contributed by atoms with Gasteiger partial charge in [-0.05, 0) is 35.8 Å². The van der Waals surface area contributed by atoms with E-state index in [1.54, 1.807) is 0 Å². The molecule has 0 bridgehead atoms. The number of H-pyrrole nitrogens is 1. The number of nitrogens with one attached hydrogen (secondary N) is 1. The fourth-order valence-electron chi connectivity index (χ4n) is 2.70. The predicted molar refractivity (Wildman–Crippen MR) is 75.4 cm³/mol. The smallest absolute Gasteiger partial charge is 0.0456 e. The standard InChI is InChI=1S/C16H23N/c1-4-7-12(2)10-13(3)16-11-14-8-5-6-9-15(14)17-16/h5-6,8-9,11-13,17H,4,7,10H2,1-3H3. The van der Waals surface area contributed by atoms with Gasteiger partial charge in [0.15, 0.2) is 0 Å². The summed E-state index contributed by atoms with van der Waals surface area (Å²) >= 11 is 0. The molecule has 1 heteroatoms. The van der Waals surface area contributed by atoms with Crippen molar-refractivity contribution < 1.29 is 0 Å². The van der Waals surface area contributed by atoms with Crippen molar-refractivity contribution in [3.8, 4) is 0 Å². The molecule has 0 saturated carbocycles. The highest BCUT2D eigenvalue weighted by Gasteiger charge is 2.12. The summed E-state index contributed by atoms with van der Waals surface area (Å²) in [6.45, 7) is 6.96. The van der Waals surface area contributed by atoms with Crippen molar-refractivity contribution in [3.05, 3.63) is 36.0 Å². The second-order valence-corrected chi connectivity index (χ2v) is 5.34. The number of aromatic nitrogens is 1. The quantitative estimate of drug-likeness (QED) is 0.734. The minimum absolute atomic E-state index is 0.629. The molecule has 1 heterocycles. The maximum atomic E-state index is 3.54. The Morgan fingerprint density at radius 3 is 2.65 bits per heavy atom. The maximum Gasteiger partial charge on any atom is 0.0456 e. The Hall–Kier alpha value is -1.24. The Bertz CT molecular complexity index is 436. The lowest BCUT2D eigenvalue weighted by molar-refractivity contribution is 0.445. The van der Waals surface area contributed by atoms with Crippen LogP contribution < -0.4 is 0 Å². The van der Waals surface area contributed by atoms with Gasteiger partial charge in [0.1, 0.15) is 0 Å². The highest BCUT2D eigenvalue weighted by Crippen LogP contribution is 2.27. The van der Waals surface area contributed by atoms with Crippen molar-refractivity contribution in [1.29, 1.82) is 0 Å².